The van der Waals surface area contributed by atoms with Crippen LogP contribution in [0.25, 0.3) is 0 Å². The van der Waals surface area contributed by atoms with Gasteiger partial charge in [0.25, 0.3) is 0 Å². The van der Waals surface area contributed by atoms with E-state index in [2.05, 4.69) is 5.32 Å². The molecule has 1 aliphatic rings. The van der Waals surface area contributed by atoms with Crippen molar-refractivity contribution in [3.63, 3.8) is 0 Å². The number of nitrogens with one attached hydrogen (secondary N) is 1. The van der Waals surface area contributed by atoms with Crippen LogP contribution in [0.3, 0.4) is 0 Å². The Kier molecular flexibility index (Phi) is 4.66. The first-order valence-electron chi connectivity index (χ1n) is 7.74. The first-order chi connectivity index (χ1) is 11.6. The summed E-state index contributed by atoms with van der Waals surface area (Å²) in [5.41, 5.74) is 2.09. The molecule has 1 heterocycles. The van der Waals surface area contributed by atoms with E-state index in [-0.39, 0.29) is 12.3 Å². The number of ether oxygens (including phenoxy) is 1. The first-order valence-corrected chi connectivity index (χ1v) is 7.74. The fourth-order valence-electron chi connectivity index (χ4n) is 3.01. The number of nitrogens with zero attached hydrogens (tertiary/aromatic N) is 1. The van der Waals surface area contributed by atoms with E-state index in [1.54, 1.807) is 0 Å². The molecule has 1 aliphatic heterocycles. The van der Waals surface area contributed by atoms with Gasteiger partial charge in [-0.05, 0) is 29.7 Å². The molecule has 24 heavy (non-hydrogen) atoms. The fraction of sp³-hybridized carbons (Fsp3) is 0.278. The Morgan fingerprint density at radius 3 is 2.92 bits per heavy atom. The van der Waals surface area contributed by atoms with Gasteiger partial charge in [-0.1, -0.05) is 24.3 Å². The van der Waals surface area contributed by atoms with Crippen LogP contribution in [0.15, 0.2) is 42.5 Å². The van der Waals surface area contributed by atoms with Gasteiger partial charge in [-0.2, -0.15) is 0 Å². The van der Waals surface area contributed by atoms with E-state index in [9.17, 15) is 14.3 Å². The summed E-state index contributed by atoms with van der Waals surface area (Å²) >= 11 is 0. The Bertz CT molecular complexity index is 751. The van der Waals surface area contributed by atoms with E-state index in [1.807, 2.05) is 24.3 Å². The maximum atomic E-state index is 13.9. The molecule has 5 nitrogen and oxygen atoms in total. The Balaban J connectivity index is 1.83. The lowest BCUT2D eigenvalue weighted by atomic mass is 9.93. The summed E-state index contributed by atoms with van der Waals surface area (Å²) in [6, 6.07) is 11.0. The molecule has 126 valence electrons. The van der Waals surface area contributed by atoms with Crippen LogP contribution in [-0.4, -0.2) is 36.3 Å². The lowest BCUT2D eigenvalue weighted by Crippen LogP contribution is -2.44. The van der Waals surface area contributed by atoms with Crippen molar-refractivity contribution in [1.29, 1.82) is 0 Å². The van der Waals surface area contributed by atoms with Gasteiger partial charge in [-0.25, -0.2) is 9.18 Å². The van der Waals surface area contributed by atoms with Crippen LogP contribution in [0.4, 0.5) is 14.9 Å². The minimum Gasteiger partial charge on any atom is -0.497 e. The maximum absolute atomic E-state index is 13.9. The van der Waals surface area contributed by atoms with Crippen molar-refractivity contribution in [3.8, 4) is 5.75 Å². The summed E-state index contributed by atoms with van der Waals surface area (Å²) in [5, 5.41) is 12.3. The van der Waals surface area contributed by atoms with Gasteiger partial charge in [0, 0.05) is 12.6 Å². The van der Waals surface area contributed by atoms with E-state index in [0.29, 0.717) is 18.7 Å². The van der Waals surface area contributed by atoms with Gasteiger partial charge in [0.1, 0.15) is 11.6 Å². The molecule has 0 spiro atoms. The quantitative estimate of drug-likeness (QED) is 0.909. The van der Waals surface area contributed by atoms with Crippen LogP contribution in [0.2, 0.25) is 0 Å². The molecule has 0 radical (unpaired) electrons. The molecule has 6 heteroatoms. The second kappa shape index (κ2) is 6.88. The molecule has 0 saturated heterocycles. The molecule has 1 unspecified atom stereocenters. The molecule has 1 atom stereocenters. The summed E-state index contributed by atoms with van der Waals surface area (Å²) in [5.74, 6) is -0.0866. The van der Waals surface area contributed by atoms with Gasteiger partial charge in [0.2, 0.25) is 0 Å². The minimum atomic E-state index is -0.540. The third-order valence-corrected chi connectivity index (χ3v) is 4.26. The number of hydrogen-bond acceptors (Lipinski definition) is 3. The monoisotopic (exact) mass is 330 g/mol. The van der Waals surface area contributed by atoms with Crippen LogP contribution in [0, 0.1) is 5.82 Å². The zero-order valence-corrected chi connectivity index (χ0v) is 13.3. The first kappa shape index (κ1) is 16.3. The Morgan fingerprint density at radius 2 is 2.17 bits per heavy atom. The van der Waals surface area contributed by atoms with Crippen LogP contribution >= 0.6 is 0 Å². The number of aliphatic hydroxyl groups excluding tert-OH is 1. The summed E-state index contributed by atoms with van der Waals surface area (Å²) in [6.45, 7) is 0.269. The fourth-order valence-corrected chi connectivity index (χ4v) is 3.01. The molecule has 2 aromatic carbocycles. The summed E-state index contributed by atoms with van der Waals surface area (Å²) in [6.07, 6.45) is 0.695. The van der Waals surface area contributed by atoms with E-state index in [1.165, 1.54) is 30.2 Å². The van der Waals surface area contributed by atoms with Crippen molar-refractivity contribution < 1.29 is 19.0 Å². The number of amides is 2. The molecule has 0 fully saturated rings. The number of halogens is 1. The molecule has 2 amide bonds. The number of urea groups is 1. The molecular formula is C18H19FN2O3. The molecule has 2 N–H and O–H groups in total. The van der Waals surface area contributed by atoms with Gasteiger partial charge in [-0.15, -0.1) is 0 Å². The number of carbonyl (C=O) groups excluding carboxylic acids is 1. The number of aliphatic hydroxyl groups is 1. The van der Waals surface area contributed by atoms with Crippen LogP contribution in [-0.2, 0) is 6.42 Å². The van der Waals surface area contributed by atoms with Gasteiger partial charge in [0.15, 0.2) is 0 Å². The lowest BCUT2D eigenvalue weighted by Gasteiger charge is -2.36. The van der Waals surface area contributed by atoms with Crippen molar-refractivity contribution in [2.24, 2.45) is 0 Å². The van der Waals surface area contributed by atoms with Crippen molar-refractivity contribution in [2.75, 3.05) is 25.6 Å². The number of benzene rings is 2. The smallest absolute Gasteiger partial charge is 0.322 e. The van der Waals surface area contributed by atoms with Crippen molar-refractivity contribution in [2.45, 2.75) is 12.5 Å². The van der Waals surface area contributed by atoms with Crippen LogP contribution in [0.5, 0.6) is 5.75 Å². The van der Waals surface area contributed by atoms with Gasteiger partial charge in [-0.3, -0.25) is 0 Å². The molecule has 0 aromatic heterocycles. The largest absolute Gasteiger partial charge is 0.497 e. The zero-order chi connectivity index (χ0) is 17.1. The van der Waals surface area contributed by atoms with Crippen molar-refractivity contribution in [1.82, 2.24) is 4.90 Å². The van der Waals surface area contributed by atoms with Crippen LogP contribution in [0.1, 0.15) is 17.2 Å². The minimum absolute atomic E-state index is 0.0508. The molecule has 3 rings (SSSR count). The highest BCUT2D eigenvalue weighted by Crippen LogP contribution is 2.30. The number of fused-ring (bicyclic) bond motifs is 1. The third kappa shape index (κ3) is 3.05. The average Bonchev–Trinajstić information content (AvgIpc) is 2.62. The maximum Gasteiger partial charge on any atom is 0.322 e. The number of carbonyl (C=O) groups is 1. The lowest BCUT2D eigenvalue weighted by molar-refractivity contribution is 0.135. The summed E-state index contributed by atoms with van der Waals surface area (Å²) < 4.78 is 19.0. The number of anilines is 1. The SMILES string of the molecule is COc1ccc(F)c(NC(=O)N2CCc3ccccc3C2CO)c1. The van der Waals surface area contributed by atoms with E-state index in [4.69, 9.17) is 4.74 Å². The highest BCUT2D eigenvalue weighted by Gasteiger charge is 2.30. The van der Waals surface area contributed by atoms with E-state index in [0.717, 1.165) is 11.1 Å². The Labute approximate surface area is 139 Å². The number of rotatable bonds is 3. The molecule has 0 bridgehead atoms. The topological polar surface area (TPSA) is 61.8 Å². The van der Waals surface area contributed by atoms with E-state index < -0.39 is 17.9 Å². The zero-order valence-electron chi connectivity index (χ0n) is 13.3. The van der Waals surface area contributed by atoms with Crippen LogP contribution < -0.4 is 10.1 Å². The normalized spacial score (nSPS) is 16.5. The Hall–Kier alpha value is -2.60. The molecule has 0 aliphatic carbocycles. The molecule has 2 aromatic rings. The van der Waals surface area contributed by atoms with Gasteiger partial charge >= 0.3 is 6.03 Å². The summed E-state index contributed by atoms with van der Waals surface area (Å²) in [7, 11) is 1.47. The Morgan fingerprint density at radius 1 is 1.38 bits per heavy atom. The van der Waals surface area contributed by atoms with Crippen molar-refractivity contribution in [3.05, 3.63) is 59.4 Å². The second-order valence-electron chi connectivity index (χ2n) is 5.62. The van der Waals surface area contributed by atoms with Crippen molar-refractivity contribution >= 4 is 11.7 Å². The predicted molar refractivity (Wildman–Crippen MR) is 88.6 cm³/mol. The molecular weight excluding hydrogens is 311 g/mol. The van der Waals surface area contributed by atoms with Gasteiger partial charge < -0.3 is 20.1 Å². The highest BCUT2D eigenvalue weighted by molar-refractivity contribution is 5.90. The van der Waals surface area contributed by atoms with E-state index >= 15 is 0 Å². The standard InChI is InChI=1S/C18H19FN2O3/c1-24-13-6-7-15(19)16(10-13)20-18(23)21-9-8-12-4-2-3-5-14(12)17(21)11-22/h2-7,10,17,22H,8-9,11H2,1H3,(H,20,23). The number of methoxy groups -OCH3 is 1. The summed E-state index contributed by atoms with van der Waals surface area (Å²) in [4.78, 5) is 14.1. The molecule has 0 saturated carbocycles. The third-order valence-electron chi connectivity index (χ3n) is 4.26. The number of hydrogen-bond donors (Lipinski definition) is 2. The highest BCUT2D eigenvalue weighted by atomic mass is 19.1. The second-order valence-corrected chi connectivity index (χ2v) is 5.62. The predicted octanol–water partition coefficient (Wildman–Crippen LogP) is 2.96. The van der Waals surface area contributed by atoms with Gasteiger partial charge in [0.05, 0.1) is 25.4 Å². The average molecular weight is 330 g/mol.